The molecule has 0 unspecified atom stereocenters. The van der Waals surface area contributed by atoms with Gasteiger partial charge in [-0.25, -0.2) is 0 Å². The minimum absolute atomic E-state index is 0.0298. The fraction of sp³-hybridized carbons (Fsp3) is 0.516. The third kappa shape index (κ3) is 12.7. The summed E-state index contributed by atoms with van der Waals surface area (Å²) in [6.45, 7) is 13.0. The maximum absolute atomic E-state index is 15.2. The third-order valence-corrected chi connectivity index (χ3v) is 18.5. The molecule has 426 valence electrons. The number of hydrogen-bond acceptors (Lipinski definition) is 12. The van der Waals surface area contributed by atoms with Crippen LogP contribution in [0.4, 0.5) is 0 Å². The summed E-state index contributed by atoms with van der Waals surface area (Å²) in [6.07, 6.45) is 9.44. The number of nitrogens with two attached hydrogens (primary N) is 3. The van der Waals surface area contributed by atoms with Gasteiger partial charge >= 0.3 is 0 Å². The highest BCUT2D eigenvalue weighted by Gasteiger charge is 2.70. The number of amides is 1. The highest BCUT2D eigenvalue weighted by molar-refractivity contribution is 5.98. The lowest BCUT2D eigenvalue weighted by atomic mass is 9.45. The molecule has 5 aliphatic rings. The molecule has 15 nitrogen and oxygen atoms in total. The number of ketones is 1. The van der Waals surface area contributed by atoms with Crippen LogP contribution in [-0.4, -0.2) is 104 Å². The number of benzene rings is 3. The fourth-order valence-electron chi connectivity index (χ4n) is 14.7. The van der Waals surface area contributed by atoms with E-state index in [0.717, 1.165) is 53.6 Å². The Morgan fingerprint density at radius 3 is 2.43 bits per heavy atom. The molecular weight excluding hydrogens is 995 g/mol. The van der Waals surface area contributed by atoms with Gasteiger partial charge in [0.15, 0.2) is 11.7 Å². The van der Waals surface area contributed by atoms with Crippen LogP contribution in [0.3, 0.4) is 0 Å². The number of likely N-dealkylation sites (N-methyl/N-ethyl adjacent to an activating group) is 1. The van der Waals surface area contributed by atoms with Crippen LogP contribution in [0.2, 0.25) is 0 Å². The number of aliphatic hydroxyl groups excluding tert-OH is 4. The van der Waals surface area contributed by atoms with Crippen LogP contribution in [0.15, 0.2) is 130 Å². The molecule has 15 heteroatoms. The van der Waals surface area contributed by atoms with Crippen molar-refractivity contribution in [3.05, 3.63) is 159 Å². The Balaban J connectivity index is 1.21. The first-order chi connectivity index (χ1) is 37.8. The second-order valence-corrected chi connectivity index (χ2v) is 23.5. The molecular formula is C64H87N7O8. The van der Waals surface area contributed by atoms with Crippen molar-refractivity contribution in [1.82, 2.24) is 16.0 Å². The number of fused-ring (bicyclic) bond motifs is 3. The molecule has 0 saturated heterocycles. The molecule has 2 bridgehead atoms. The van der Waals surface area contributed by atoms with Crippen molar-refractivity contribution >= 4 is 17.6 Å². The molecule has 8 rings (SSSR count). The quantitative estimate of drug-likeness (QED) is 0.0395. The van der Waals surface area contributed by atoms with Crippen LogP contribution in [0.5, 0.6) is 5.75 Å². The number of carbonyl (C=O) groups excluding carboxylic acids is 2. The molecule has 0 aromatic heterocycles. The largest absolute Gasteiger partial charge is 0.508 e. The lowest BCUT2D eigenvalue weighted by Crippen LogP contribution is -2.65. The molecule has 3 fully saturated rings. The molecule has 2 aliphatic heterocycles. The number of allylic oxidation sites excluding steroid dienone is 5. The Kier molecular flexibility index (Phi) is 19.4. The number of aliphatic hydroxyl groups is 5. The zero-order valence-corrected chi connectivity index (χ0v) is 46.7. The molecule has 3 aromatic rings. The number of Topliss-reactive ketones (excluding diaryl/α,β-unsaturated/α-hetero) is 1. The minimum atomic E-state index is -1.29. The summed E-state index contributed by atoms with van der Waals surface area (Å²) in [7, 11) is 0. The molecule has 2 heterocycles. The van der Waals surface area contributed by atoms with Crippen LogP contribution < -0.4 is 33.2 Å². The van der Waals surface area contributed by atoms with Crippen molar-refractivity contribution in [2.45, 2.75) is 153 Å². The topological polar surface area (TPSA) is 282 Å². The van der Waals surface area contributed by atoms with Gasteiger partial charge in [-0.05, 0) is 172 Å². The first-order valence-electron chi connectivity index (χ1n) is 28.7. The zero-order valence-electron chi connectivity index (χ0n) is 46.7. The Labute approximate surface area is 467 Å². The van der Waals surface area contributed by atoms with Gasteiger partial charge in [-0.3, -0.25) is 19.9 Å². The Bertz CT molecular complexity index is 2830. The third-order valence-electron chi connectivity index (χ3n) is 18.5. The average Bonchev–Trinajstić information content (AvgIpc) is 3.84. The number of aliphatic imine (C=N–C) groups is 1. The summed E-state index contributed by atoms with van der Waals surface area (Å²) >= 11 is 0. The highest BCUT2D eigenvalue weighted by atomic mass is 16.3. The monoisotopic (exact) mass is 1080 g/mol. The molecule has 0 radical (unpaired) electrons. The van der Waals surface area contributed by atoms with Gasteiger partial charge in [0.1, 0.15) is 18.0 Å². The first kappa shape index (κ1) is 59.4. The van der Waals surface area contributed by atoms with Gasteiger partial charge < -0.3 is 58.5 Å². The molecule has 1 spiro atoms. The van der Waals surface area contributed by atoms with E-state index in [1.54, 1.807) is 24.3 Å². The Hall–Kier alpha value is -5.75. The van der Waals surface area contributed by atoms with Gasteiger partial charge in [0.05, 0.1) is 30.5 Å². The smallest absolute Gasteiger partial charge is 0.243 e. The van der Waals surface area contributed by atoms with E-state index < -0.39 is 71.1 Å². The summed E-state index contributed by atoms with van der Waals surface area (Å²) in [5.41, 5.74) is 24.6. The summed E-state index contributed by atoms with van der Waals surface area (Å²) in [4.78, 5) is 33.8. The van der Waals surface area contributed by atoms with Crippen molar-refractivity contribution in [2.24, 2.45) is 51.3 Å². The van der Waals surface area contributed by atoms with E-state index in [2.05, 4.69) is 54.4 Å². The van der Waals surface area contributed by atoms with Crippen LogP contribution in [0.25, 0.3) is 0 Å². The summed E-state index contributed by atoms with van der Waals surface area (Å²) in [6, 6.07) is 19.2. The van der Waals surface area contributed by atoms with Crippen molar-refractivity contribution < 1.29 is 40.2 Å². The van der Waals surface area contributed by atoms with Crippen molar-refractivity contribution in [1.29, 1.82) is 0 Å². The number of carbonyl (C=O) groups is 2. The Morgan fingerprint density at radius 1 is 0.987 bits per heavy atom. The summed E-state index contributed by atoms with van der Waals surface area (Å²) in [5.74, 6) is -2.78. The highest BCUT2D eigenvalue weighted by Crippen LogP contribution is 2.69. The van der Waals surface area contributed by atoms with Crippen LogP contribution in [0.1, 0.15) is 137 Å². The zero-order chi connectivity index (χ0) is 56.8. The van der Waals surface area contributed by atoms with E-state index >= 15 is 4.79 Å². The van der Waals surface area contributed by atoms with Crippen molar-refractivity contribution in [3.63, 3.8) is 0 Å². The second-order valence-electron chi connectivity index (χ2n) is 23.5. The van der Waals surface area contributed by atoms with E-state index in [9.17, 15) is 35.4 Å². The second kappa shape index (κ2) is 25.8. The summed E-state index contributed by atoms with van der Waals surface area (Å²) < 4.78 is 0. The number of hydrogen-bond donors (Lipinski definition) is 12. The number of phenolic OH excluding ortho intramolecular Hbond substituents is 1. The number of aromatic hydroxyl groups is 1. The SMILES string of the molecule is C=C(/C=C/C=C(/CO)[C@H]1C[C@@H]2CCC[C@@]3(O)CC/C4=C(/C)C(=O)Cc5cccc6c5[C@H](NC[C@H](O)[C@@H]([C@H](CN=C(N)N)c5ccc(O)cc5)Cc5cccc(c5)C[C@H](O)CC[C@H]4[C@@]23[C@@H]1O)C(=O)N[C@@H]6N)[C@H](CC=C(C)C)NCC. The standard InChI is InChI=1S/C64H87N7O8/c1-6-68-54(25-18-37(2)3)38(4)11-7-15-44(36-72)50-33-45-16-10-27-63(79)28-26-48-39(5)55(75)32-43-14-9-17-49-57(43)58(61(78)71-60(49)65)69-35-56(76)51(52(34-70-62(66)67)42-19-21-46(73)22-20-42)31-41-13-8-12-40(29-41)30-47(74)23-24-53(48)64(45,63)59(50)77/h7-9,11-15,17-22,29,45,47,50-54,56,58-60,68-69,72-74,76-77,79H,4,6,10,16,23-28,30-36,65H2,1-3,5H3,(H,71,78)(H4,66,67,70)/b11-7+,44-15-,48-39+/t45-,47+,50+,51+,52+,53+,54-,56-,58-,59+,60-,63+,64+/m0/s1. The van der Waals surface area contributed by atoms with E-state index in [1.807, 2.05) is 67.6 Å². The van der Waals surface area contributed by atoms with Crippen LogP contribution >= 0.6 is 0 Å². The lowest BCUT2D eigenvalue weighted by molar-refractivity contribution is -0.216. The van der Waals surface area contributed by atoms with E-state index in [-0.39, 0.29) is 55.6 Å². The van der Waals surface area contributed by atoms with Crippen LogP contribution in [-0.2, 0) is 28.9 Å². The van der Waals surface area contributed by atoms with Gasteiger partial charge in [0.25, 0.3) is 0 Å². The number of nitrogens with one attached hydrogen (secondary N) is 3. The van der Waals surface area contributed by atoms with E-state index in [4.69, 9.17) is 17.2 Å². The van der Waals surface area contributed by atoms with E-state index in [0.29, 0.717) is 79.2 Å². The van der Waals surface area contributed by atoms with Crippen molar-refractivity contribution in [2.75, 3.05) is 26.2 Å². The first-order valence-corrected chi connectivity index (χ1v) is 28.7. The number of phenols is 1. The van der Waals surface area contributed by atoms with E-state index in [1.165, 1.54) is 5.57 Å². The predicted octanol–water partition coefficient (Wildman–Crippen LogP) is 6.19. The number of β-amino-alcohol motifs (C(OH)–C–C–N with tert-alkyl or cyclic N) is 1. The maximum Gasteiger partial charge on any atom is 0.243 e. The molecule has 13 atom stereocenters. The normalized spacial score (nSPS) is 31.4. The maximum atomic E-state index is 15.2. The summed E-state index contributed by atoms with van der Waals surface area (Å²) in [5, 5.41) is 82.4. The molecule has 3 aliphatic carbocycles. The molecule has 15 N–H and O–H groups in total. The number of guanidine groups is 1. The van der Waals surface area contributed by atoms with Gasteiger partial charge in [-0.1, -0.05) is 110 Å². The Morgan fingerprint density at radius 2 is 1.72 bits per heavy atom. The van der Waals surface area contributed by atoms with Gasteiger partial charge in [0.2, 0.25) is 5.91 Å². The van der Waals surface area contributed by atoms with Gasteiger partial charge in [-0.2, -0.15) is 0 Å². The molecule has 3 saturated carbocycles. The molecule has 3 aromatic carbocycles. The molecule has 1 amide bonds. The lowest BCUT2D eigenvalue weighted by Gasteiger charge is -2.61. The molecule has 79 heavy (non-hydrogen) atoms. The average molecular weight is 1080 g/mol. The number of nitrogens with zero attached hydrogens (tertiary/aromatic N) is 1. The fourth-order valence-corrected chi connectivity index (χ4v) is 14.7. The van der Waals surface area contributed by atoms with Gasteiger partial charge in [0, 0.05) is 42.8 Å². The van der Waals surface area contributed by atoms with Gasteiger partial charge in [-0.15, -0.1) is 0 Å². The van der Waals surface area contributed by atoms with Crippen LogP contribution in [0, 0.1) is 29.1 Å². The predicted molar refractivity (Wildman–Crippen MR) is 310 cm³/mol. The van der Waals surface area contributed by atoms with Crippen molar-refractivity contribution in [3.8, 4) is 5.75 Å². The number of rotatable bonds is 13. The minimum Gasteiger partial charge on any atom is -0.508 e.